The summed E-state index contributed by atoms with van der Waals surface area (Å²) in [6, 6.07) is 13.8. The van der Waals surface area contributed by atoms with Gasteiger partial charge in [-0.25, -0.2) is 19.3 Å². The summed E-state index contributed by atoms with van der Waals surface area (Å²) in [4.78, 5) is 22.3. The number of hydrogen-bond donors (Lipinski definition) is 3. The van der Waals surface area contributed by atoms with E-state index in [2.05, 4.69) is 52.6 Å². The summed E-state index contributed by atoms with van der Waals surface area (Å²) in [5, 5.41) is 18.0. The van der Waals surface area contributed by atoms with E-state index in [1.807, 2.05) is 25.1 Å². The largest absolute Gasteiger partial charge is 0.384 e. The van der Waals surface area contributed by atoms with Gasteiger partial charge in [0.1, 0.15) is 11.4 Å². The first-order valence-electron chi connectivity index (χ1n) is 12.1. The lowest BCUT2D eigenvalue weighted by Crippen LogP contribution is -2.42. The molecule has 1 aliphatic heterocycles. The van der Waals surface area contributed by atoms with E-state index in [4.69, 9.17) is 0 Å². The quantitative estimate of drug-likeness (QED) is 0.407. The molecular formula is C27H32N6O2. The summed E-state index contributed by atoms with van der Waals surface area (Å²) in [5.74, 6) is 1.21. The average molecular weight is 473 g/mol. The zero-order valence-corrected chi connectivity index (χ0v) is 20.9. The van der Waals surface area contributed by atoms with Crippen molar-refractivity contribution >= 4 is 22.4 Å². The number of fused-ring (bicyclic) bond motifs is 2. The molecule has 182 valence electrons. The Hall–Kier alpha value is -3.49. The van der Waals surface area contributed by atoms with Crippen LogP contribution in [0.5, 0.6) is 0 Å². The highest BCUT2D eigenvalue weighted by molar-refractivity contribution is 5.82. The van der Waals surface area contributed by atoms with Gasteiger partial charge in [0.25, 0.3) is 5.56 Å². The van der Waals surface area contributed by atoms with Gasteiger partial charge in [-0.2, -0.15) is 0 Å². The number of nitrogens with zero attached hydrogens (tertiary/aromatic N) is 4. The Morgan fingerprint density at radius 1 is 1.20 bits per heavy atom. The molecule has 0 saturated carbocycles. The molecule has 0 aliphatic carbocycles. The summed E-state index contributed by atoms with van der Waals surface area (Å²) < 4.78 is 3.45. The molecule has 0 fully saturated rings. The number of nitrogens with one attached hydrogen (secondary N) is 2. The second-order valence-electron chi connectivity index (χ2n) is 10.2. The Morgan fingerprint density at radius 2 is 2.00 bits per heavy atom. The summed E-state index contributed by atoms with van der Waals surface area (Å²) in [6.45, 7) is 11.1. The fourth-order valence-electron chi connectivity index (χ4n) is 4.87. The number of hydrogen-bond acceptors (Lipinski definition) is 6. The zero-order chi connectivity index (χ0) is 25.0. The Balaban J connectivity index is 1.59. The van der Waals surface area contributed by atoms with Crippen LogP contribution in [0.25, 0.3) is 16.7 Å². The van der Waals surface area contributed by atoms with Crippen LogP contribution in [0.15, 0.2) is 53.5 Å². The van der Waals surface area contributed by atoms with Gasteiger partial charge in [-0.05, 0) is 83.0 Å². The predicted octanol–water partition coefficient (Wildman–Crippen LogP) is 3.95. The van der Waals surface area contributed by atoms with Crippen LogP contribution in [-0.4, -0.2) is 31.0 Å². The van der Waals surface area contributed by atoms with E-state index in [0.717, 1.165) is 18.7 Å². The normalized spacial score (nSPS) is 15.3. The lowest BCUT2D eigenvalue weighted by Gasteiger charge is -2.34. The van der Waals surface area contributed by atoms with Crippen molar-refractivity contribution in [1.82, 2.24) is 24.6 Å². The van der Waals surface area contributed by atoms with E-state index in [0.29, 0.717) is 34.8 Å². The van der Waals surface area contributed by atoms with Crippen LogP contribution in [0, 0.1) is 0 Å². The third-order valence-electron chi connectivity index (χ3n) is 6.71. The van der Waals surface area contributed by atoms with Gasteiger partial charge in [0.15, 0.2) is 5.82 Å². The van der Waals surface area contributed by atoms with E-state index in [-0.39, 0.29) is 11.1 Å². The molecule has 0 radical (unpaired) electrons. The average Bonchev–Trinajstić information content (AvgIpc) is 3.09. The van der Waals surface area contributed by atoms with Crippen molar-refractivity contribution in [2.24, 2.45) is 0 Å². The first kappa shape index (κ1) is 23.3. The Kier molecular flexibility index (Phi) is 5.53. The molecular weight excluding hydrogens is 440 g/mol. The minimum atomic E-state index is -1.10. The minimum absolute atomic E-state index is 0.0485. The van der Waals surface area contributed by atoms with E-state index >= 15 is 0 Å². The van der Waals surface area contributed by atoms with Crippen molar-refractivity contribution in [3.63, 3.8) is 0 Å². The summed E-state index contributed by atoms with van der Waals surface area (Å²) in [7, 11) is 0. The van der Waals surface area contributed by atoms with Gasteiger partial charge in [0.2, 0.25) is 0 Å². The standard InChI is InChI=1S/C27H32N6O2/c1-6-32-25(34)19-16-28-23(30-18-10-11-20-17(14-18)12-13-29-26(20,2)3)15-21(19)33(32)24-9-7-8-22(31-24)27(4,5)35/h7-11,14-16,29,35H,6,12-13H2,1-5H3,(H,28,30). The van der Waals surface area contributed by atoms with Gasteiger partial charge in [0, 0.05) is 30.0 Å². The Bertz CT molecular complexity index is 1480. The SMILES string of the molecule is CCn1c(=O)c2cnc(Nc3ccc4c(c3)CCNC4(C)C)cc2n1-c1cccc(C(C)(C)O)n1. The molecule has 3 aromatic heterocycles. The molecule has 0 saturated heterocycles. The number of aromatic nitrogens is 4. The molecule has 8 nitrogen and oxygen atoms in total. The molecule has 0 spiro atoms. The molecule has 0 amide bonds. The van der Waals surface area contributed by atoms with Gasteiger partial charge in [-0.3, -0.25) is 4.79 Å². The van der Waals surface area contributed by atoms with Crippen LogP contribution in [0.3, 0.4) is 0 Å². The maximum Gasteiger partial charge on any atom is 0.276 e. The van der Waals surface area contributed by atoms with Crippen molar-refractivity contribution in [3.05, 3.63) is 75.8 Å². The van der Waals surface area contributed by atoms with Crippen molar-refractivity contribution in [2.75, 3.05) is 11.9 Å². The number of rotatable bonds is 5. The second-order valence-corrected chi connectivity index (χ2v) is 10.2. The van der Waals surface area contributed by atoms with Crippen LogP contribution in [0.1, 0.15) is 51.4 Å². The predicted molar refractivity (Wildman–Crippen MR) is 139 cm³/mol. The first-order valence-corrected chi connectivity index (χ1v) is 12.1. The number of aliphatic hydroxyl groups is 1. The van der Waals surface area contributed by atoms with E-state index in [9.17, 15) is 9.90 Å². The second kappa shape index (κ2) is 8.32. The highest BCUT2D eigenvalue weighted by Gasteiger charge is 2.26. The van der Waals surface area contributed by atoms with Gasteiger partial charge >= 0.3 is 0 Å². The third kappa shape index (κ3) is 4.13. The maximum absolute atomic E-state index is 13.1. The minimum Gasteiger partial charge on any atom is -0.384 e. The molecule has 0 bridgehead atoms. The molecule has 5 rings (SSSR count). The van der Waals surface area contributed by atoms with Crippen LogP contribution < -0.4 is 16.2 Å². The third-order valence-corrected chi connectivity index (χ3v) is 6.71. The lowest BCUT2D eigenvalue weighted by atomic mass is 9.85. The highest BCUT2D eigenvalue weighted by Crippen LogP contribution is 2.31. The fraction of sp³-hybridized carbons (Fsp3) is 0.370. The van der Waals surface area contributed by atoms with Crippen molar-refractivity contribution in [1.29, 1.82) is 0 Å². The van der Waals surface area contributed by atoms with Crippen molar-refractivity contribution in [3.8, 4) is 5.82 Å². The first-order chi connectivity index (χ1) is 16.6. The summed E-state index contributed by atoms with van der Waals surface area (Å²) in [5.41, 5.74) is 3.56. The Morgan fingerprint density at radius 3 is 2.74 bits per heavy atom. The number of anilines is 2. The number of pyridine rings is 2. The summed E-state index contributed by atoms with van der Waals surface area (Å²) in [6.07, 6.45) is 2.59. The Labute approximate surface area is 204 Å². The van der Waals surface area contributed by atoms with Crippen LogP contribution in [0.4, 0.5) is 11.5 Å². The molecule has 35 heavy (non-hydrogen) atoms. The molecule has 8 heteroatoms. The van der Waals surface area contributed by atoms with E-state index in [1.165, 1.54) is 11.1 Å². The van der Waals surface area contributed by atoms with Gasteiger partial charge in [-0.15, -0.1) is 0 Å². The molecule has 1 aliphatic rings. The monoisotopic (exact) mass is 472 g/mol. The molecule has 4 heterocycles. The lowest BCUT2D eigenvalue weighted by molar-refractivity contribution is 0.0738. The van der Waals surface area contributed by atoms with Gasteiger partial charge in [0.05, 0.1) is 16.6 Å². The van der Waals surface area contributed by atoms with Crippen LogP contribution >= 0.6 is 0 Å². The fourth-order valence-corrected chi connectivity index (χ4v) is 4.87. The van der Waals surface area contributed by atoms with Gasteiger partial charge < -0.3 is 15.7 Å². The van der Waals surface area contributed by atoms with Crippen LogP contribution in [0.2, 0.25) is 0 Å². The molecule has 3 N–H and O–H groups in total. The molecule has 4 aromatic rings. The highest BCUT2D eigenvalue weighted by atomic mass is 16.3. The van der Waals surface area contributed by atoms with E-state index in [1.54, 1.807) is 35.5 Å². The van der Waals surface area contributed by atoms with E-state index < -0.39 is 5.60 Å². The van der Waals surface area contributed by atoms with Crippen molar-refractivity contribution in [2.45, 2.75) is 58.7 Å². The molecule has 0 atom stereocenters. The van der Waals surface area contributed by atoms with Crippen LogP contribution in [-0.2, 0) is 24.1 Å². The van der Waals surface area contributed by atoms with Gasteiger partial charge in [-0.1, -0.05) is 12.1 Å². The summed E-state index contributed by atoms with van der Waals surface area (Å²) >= 11 is 0. The number of benzene rings is 1. The molecule has 1 aromatic carbocycles. The smallest absolute Gasteiger partial charge is 0.276 e. The zero-order valence-electron chi connectivity index (χ0n) is 20.9. The molecule has 0 unspecified atom stereocenters. The van der Waals surface area contributed by atoms with Crippen molar-refractivity contribution < 1.29 is 5.11 Å². The maximum atomic E-state index is 13.1. The topological polar surface area (TPSA) is 97.0 Å².